The van der Waals surface area contributed by atoms with E-state index in [4.69, 9.17) is 14.9 Å². The van der Waals surface area contributed by atoms with Gasteiger partial charge in [0.1, 0.15) is 12.4 Å². The molecule has 2 aromatic rings. The van der Waals surface area contributed by atoms with E-state index < -0.39 is 11.9 Å². The third kappa shape index (κ3) is 5.47. The second-order valence-corrected chi connectivity index (χ2v) is 5.18. The lowest BCUT2D eigenvalue weighted by molar-refractivity contribution is -0.137. The van der Waals surface area contributed by atoms with Crippen molar-refractivity contribution in [2.45, 2.75) is 25.9 Å². The van der Waals surface area contributed by atoms with Gasteiger partial charge in [0.15, 0.2) is 0 Å². The Labute approximate surface area is 134 Å². The minimum atomic E-state index is -0.954. The summed E-state index contributed by atoms with van der Waals surface area (Å²) in [5, 5.41) is 17.8. The maximum absolute atomic E-state index is 11.0. The second-order valence-electron chi connectivity index (χ2n) is 5.18. The van der Waals surface area contributed by atoms with Gasteiger partial charge in [-0.15, -0.1) is 0 Å². The molecule has 0 amide bonds. The van der Waals surface area contributed by atoms with Gasteiger partial charge in [0, 0.05) is 12.0 Å². The van der Waals surface area contributed by atoms with Gasteiger partial charge in [-0.2, -0.15) is 0 Å². The van der Waals surface area contributed by atoms with Crippen LogP contribution < -0.4 is 4.74 Å². The number of hydrogen-bond acceptors (Lipinski definition) is 3. The molecule has 2 aromatic carbocycles. The van der Waals surface area contributed by atoms with Gasteiger partial charge in [-0.1, -0.05) is 42.5 Å². The lowest BCUT2D eigenvalue weighted by Crippen LogP contribution is -2.06. The van der Waals surface area contributed by atoms with Gasteiger partial charge in [0.25, 0.3) is 0 Å². The Morgan fingerprint density at radius 1 is 0.913 bits per heavy atom. The number of hydrogen-bond donors (Lipinski definition) is 2. The number of aryl methyl sites for hydroxylation is 1. The molecular weight excluding hydrogens is 296 g/mol. The van der Waals surface area contributed by atoms with E-state index in [1.807, 2.05) is 30.3 Å². The molecule has 120 valence electrons. The first-order valence-corrected chi connectivity index (χ1v) is 7.26. The van der Waals surface area contributed by atoms with E-state index in [1.165, 1.54) is 0 Å². The molecule has 0 fully saturated rings. The van der Waals surface area contributed by atoms with E-state index in [2.05, 4.69) is 0 Å². The third-order valence-corrected chi connectivity index (χ3v) is 3.33. The number of carboxylic acids is 2. The Morgan fingerprint density at radius 2 is 1.65 bits per heavy atom. The van der Waals surface area contributed by atoms with Crippen molar-refractivity contribution >= 4 is 11.9 Å². The van der Waals surface area contributed by atoms with Crippen LogP contribution in [-0.2, 0) is 29.0 Å². The van der Waals surface area contributed by atoms with E-state index in [9.17, 15) is 9.59 Å². The highest BCUT2D eigenvalue weighted by molar-refractivity contribution is 5.71. The zero-order chi connectivity index (χ0) is 16.7. The normalized spacial score (nSPS) is 10.3. The molecule has 0 saturated heterocycles. The second kappa shape index (κ2) is 7.98. The summed E-state index contributed by atoms with van der Waals surface area (Å²) in [4.78, 5) is 21.7. The maximum atomic E-state index is 11.0. The van der Waals surface area contributed by atoms with Crippen LogP contribution in [0.2, 0.25) is 0 Å². The van der Waals surface area contributed by atoms with Gasteiger partial charge in [0.2, 0.25) is 0 Å². The average Bonchev–Trinajstić information content (AvgIpc) is 2.52. The summed E-state index contributed by atoms with van der Waals surface area (Å²) in [5.74, 6) is -1.32. The molecule has 0 atom stereocenters. The van der Waals surface area contributed by atoms with E-state index in [1.54, 1.807) is 18.2 Å². The number of ether oxygens (including phenoxy) is 1. The monoisotopic (exact) mass is 314 g/mol. The van der Waals surface area contributed by atoms with Gasteiger partial charge >= 0.3 is 11.9 Å². The van der Waals surface area contributed by atoms with E-state index >= 15 is 0 Å². The standard InChI is InChI=1S/C18H18O5/c19-17(20)9-7-13-6-8-16(15(10-13)11-18(21)22)23-12-14-4-2-1-3-5-14/h1-6,8,10H,7,9,11-12H2,(H,19,20)(H,21,22). The van der Waals surface area contributed by atoms with Crippen molar-refractivity contribution in [3.05, 3.63) is 65.2 Å². The first-order valence-electron chi connectivity index (χ1n) is 7.26. The van der Waals surface area contributed by atoms with Gasteiger partial charge < -0.3 is 14.9 Å². The lowest BCUT2D eigenvalue weighted by atomic mass is 10.0. The van der Waals surface area contributed by atoms with Gasteiger partial charge in [0.05, 0.1) is 6.42 Å². The summed E-state index contributed by atoms with van der Waals surface area (Å²) < 4.78 is 5.73. The largest absolute Gasteiger partial charge is 0.489 e. The molecule has 5 nitrogen and oxygen atoms in total. The Hall–Kier alpha value is -2.82. The van der Waals surface area contributed by atoms with Crippen LogP contribution in [0.3, 0.4) is 0 Å². The summed E-state index contributed by atoms with van der Waals surface area (Å²) in [7, 11) is 0. The molecule has 0 aliphatic carbocycles. The molecule has 0 spiro atoms. The average molecular weight is 314 g/mol. The van der Waals surface area contributed by atoms with Crippen LogP contribution in [0.4, 0.5) is 0 Å². The Kier molecular flexibility index (Phi) is 5.74. The zero-order valence-corrected chi connectivity index (χ0v) is 12.6. The van der Waals surface area contributed by atoms with E-state index in [-0.39, 0.29) is 12.8 Å². The highest BCUT2D eigenvalue weighted by Gasteiger charge is 2.10. The molecule has 0 heterocycles. The fourth-order valence-electron chi connectivity index (χ4n) is 2.22. The van der Waals surface area contributed by atoms with Crippen molar-refractivity contribution in [1.29, 1.82) is 0 Å². The topological polar surface area (TPSA) is 83.8 Å². The molecule has 0 aliphatic rings. The predicted molar refractivity (Wildman–Crippen MR) is 84.5 cm³/mol. The summed E-state index contributed by atoms with van der Waals surface area (Å²) in [6, 6.07) is 14.8. The quantitative estimate of drug-likeness (QED) is 0.782. The number of benzene rings is 2. The van der Waals surface area contributed by atoms with Gasteiger partial charge in [-0.05, 0) is 23.6 Å². The van der Waals surface area contributed by atoms with Crippen LogP contribution in [0.1, 0.15) is 23.1 Å². The Morgan fingerprint density at radius 3 is 2.30 bits per heavy atom. The highest BCUT2D eigenvalue weighted by Crippen LogP contribution is 2.23. The summed E-state index contributed by atoms with van der Waals surface area (Å²) in [5.41, 5.74) is 2.33. The molecule has 23 heavy (non-hydrogen) atoms. The van der Waals surface area contributed by atoms with E-state index in [0.29, 0.717) is 24.3 Å². The zero-order valence-electron chi connectivity index (χ0n) is 12.6. The summed E-state index contributed by atoms with van der Waals surface area (Å²) in [6.45, 7) is 0.349. The first-order chi connectivity index (χ1) is 11.0. The molecule has 0 aromatic heterocycles. The first kappa shape index (κ1) is 16.5. The van der Waals surface area contributed by atoms with E-state index in [0.717, 1.165) is 11.1 Å². The van der Waals surface area contributed by atoms with Crippen LogP contribution in [0.15, 0.2) is 48.5 Å². The van der Waals surface area contributed by atoms with Crippen LogP contribution in [0.25, 0.3) is 0 Å². The molecule has 0 saturated carbocycles. The van der Waals surface area contributed by atoms with Gasteiger partial charge in [-0.25, -0.2) is 0 Å². The Balaban J connectivity index is 2.13. The van der Waals surface area contributed by atoms with Crippen molar-refractivity contribution in [3.63, 3.8) is 0 Å². The smallest absolute Gasteiger partial charge is 0.307 e. The maximum Gasteiger partial charge on any atom is 0.307 e. The third-order valence-electron chi connectivity index (χ3n) is 3.33. The molecule has 0 bridgehead atoms. The number of rotatable bonds is 8. The fourth-order valence-corrected chi connectivity index (χ4v) is 2.22. The molecular formula is C18H18O5. The molecule has 2 N–H and O–H groups in total. The van der Waals surface area contributed by atoms with Crippen LogP contribution >= 0.6 is 0 Å². The predicted octanol–water partition coefficient (Wildman–Crippen LogP) is 2.91. The Bertz CT molecular complexity index is 679. The fraction of sp³-hybridized carbons (Fsp3) is 0.222. The van der Waals surface area contributed by atoms with Crippen molar-refractivity contribution in [3.8, 4) is 5.75 Å². The van der Waals surface area contributed by atoms with Crippen LogP contribution in [0.5, 0.6) is 5.75 Å². The minimum absolute atomic E-state index is 0.0106. The van der Waals surface area contributed by atoms with Crippen molar-refractivity contribution in [2.24, 2.45) is 0 Å². The van der Waals surface area contributed by atoms with Crippen molar-refractivity contribution in [1.82, 2.24) is 0 Å². The number of carboxylic acid groups (broad SMARTS) is 2. The highest BCUT2D eigenvalue weighted by atomic mass is 16.5. The van der Waals surface area contributed by atoms with Crippen LogP contribution in [-0.4, -0.2) is 22.2 Å². The van der Waals surface area contributed by atoms with Crippen LogP contribution in [0, 0.1) is 0 Å². The number of aliphatic carboxylic acids is 2. The molecule has 0 unspecified atom stereocenters. The molecule has 2 rings (SSSR count). The summed E-state index contributed by atoms with van der Waals surface area (Å²) >= 11 is 0. The summed E-state index contributed by atoms with van der Waals surface area (Å²) in [6.07, 6.45) is 0.211. The van der Waals surface area contributed by atoms with Crippen molar-refractivity contribution < 1.29 is 24.5 Å². The molecule has 0 aliphatic heterocycles. The SMILES string of the molecule is O=C(O)CCc1ccc(OCc2ccccc2)c(CC(=O)O)c1. The number of carbonyl (C=O) groups is 2. The lowest BCUT2D eigenvalue weighted by Gasteiger charge is -2.12. The van der Waals surface area contributed by atoms with Crippen molar-refractivity contribution in [2.75, 3.05) is 0 Å². The minimum Gasteiger partial charge on any atom is -0.489 e. The molecule has 5 heteroatoms. The molecule has 0 radical (unpaired) electrons. The van der Waals surface area contributed by atoms with Gasteiger partial charge in [-0.3, -0.25) is 9.59 Å².